The fraction of sp³-hybridized carbons (Fsp3) is 0.0952. The summed E-state index contributed by atoms with van der Waals surface area (Å²) in [5, 5.41) is 6.30. The van der Waals surface area contributed by atoms with Crippen LogP contribution in [0.2, 0.25) is 0 Å². The molecule has 0 spiro atoms. The van der Waals surface area contributed by atoms with Crippen molar-refractivity contribution in [2.45, 2.75) is 6.92 Å². The molecule has 31 heavy (non-hydrogen) atoms. The van der Waals surface area contributed by atoms with Crippen LogP contribution in [0, 0.1) is 6.92 Å². The first kappa shape index (κ1) is 20.5. The summed E-state index contributed by atoms with van der Waals surface area (Å²) in [7, 11) is 0. The molecule has 1 aliphatic rings. The van der Waals surface area contributed by atoms with Gasteiger partial charge in [0.2, 0.25) is 0 Å². The lowest BCUT2D eigenvalue weighted by molar-refractivity contribution is -0.119. The van der Waals surface area contributed by atoms with Crippen LogP contribution in [-0.4, -0.2) is 35.5 Å². The second-order valence-corrected chi connectivity index (χ2v) is 7.55. The number of fused-ring (bicyclic) bond motifs is 1. The molecule has 10 heteroatoms. The Morgan fingerprint density at radius 1 is 1.06 bits per heavy atom. The molecule has 0 unspecified atom stereocenters. The van der Waals surface area contributed by atoms with Gasteiger partial charge >= 0.3 is 5.97 Å². The summed E-state index contributed by atoms with van der Waals surface area (Å²) < 4.78 is 10.8. The molecule has 3 amide bonds. The van der Waals surface area contributed by atoms with E-state index in [9.17, 15) is 19.2 Å². The molecule has 9 nitrogen and oxygen atoms in total. The second-order valence-electron chi connectivity index (χ2n) is 6.63. The summed E-state index contributed by atoms with van der Waals surface area (Å²) in [5.74, 6) is -2.01. The van der Waals surface area contributed by atoms with Crippen LogP contribution in [0.1, 0.15) is 36.8 Å². The van der Waals surface area contributed by atoms with Gasteiger partial charge in [0.05, 0.1) is 16.7 Å². The molecule has 1 aliphatic heterocycles. The Balaban J connectivity index is 1.43. The van der Waals surface area contributed by atoms with Crippen molar-refractivity contribution in [3.05, 3.63) is 75.5 Å². The number of rotatable bonds is 5. The largest absolute Gasteiger partial charge is 0.452 e. The Morgan fingerprint density at radius 2 is 1.77 bits per heavy atom. The van der Waals surface area contributed by atoms with Gasteiger partial charge < -0.3 is 14.6 Å². The zero-order valence-electron chi connectivity index (χ0n) is 16.0. The Hall–Kier alpha value is -3.79. The first-order chi connectivity index (χ1) is 14.8. The number of anilines is 2. The zero-order valence-corrected chi connectivity index (χ0v) is 17.6. The van der Waals surface area contributed by atoms with Crippen molar-refractivity contribution in [2.24, 2.45) is 0 Å². The number of hydrogen-bond donors (Lipinski definition) is 1. The highest BCUT2D eigenvalue weighted by molar-refractivity contribution is 9.10. The molecule has 2 heterocycles. The highest BCUT2D eigenvalue weighted by Gasteiger charge is 2.38. The number of halogens is 1. The molecule has 0 saturated carbocycles. The number of benzene rings is 2. The van der Waals surface area contributed by atoms with Crippen LogP contribution in [0.3, 0.4) is 0 Å². The third-order valence-electron chi connectivity index (χ3n) is 4.43. The zero-order chi connectivity index (χ0) is 22.1. The molecule has 3 aromatic rings. The molecular weight excluding hydrogens is 470 g/mol. The molecule has 0 saturated heterocycles. The van der Waals surface area contributed by atoms with E-state index in [0.717, 1.165) is 9.37 Å². The summed E-state index contributed by atoms with van der Waals surface area (Å²) in [4.78, 5) is 50.5. The van der Waals surface area contributed by atoms with Crippen LogP contribution >= 0.6 is 15.9 Å². The number of esters is 1. The maximum Gasteiger partial charge on any atom is 0.338 e. The minimum absolute atomic E-state index is 0.0366. The Bertz CT molecular complexity index is 1220. The lowest BCUT2D eigenvalue weighted by atomic mass is 10.1. The molecule has 2 aromatic carbocycles. The van der Waals surface area contributed by atoms with E-state index in [0.29, 0.717) is 11.4 Å². The van der Waals surface area contributed by atoms with Gasteiger partial charge in [-0.3, -0.25) is 14.4 Å². The number of aromatic nitrogens is 1. The fourth-order valence-electron chi connectivity index (χ4n) is 2.98. The van der Waals surface area contributed by atoms with E-state index in [1.54, 1.807) is 31.2 Å². The van der Waals surface area contributed by atoms with Gasteiger partial charge in [0.1, 0.15) is 5.76 Å². The Labute approximate surface area is 184 Å². The number of imide groups is 1. The van der Waals surface area contributed by atoms with Gasteiger partial charge in [-0.2, -0.15) is 0 Å². The number of nitrogens with one attached hydrogen (secondary N) is 1. The monoisotopic (exact) mass is 483 g/mol. The van der Waals surface area contributed by atoms with Crippen molar-refractivity contribution in [2.75, 3.05) is 16.8 Å². The number of aryl methyl sites for hydroxylation is 1. The van der Waals surface area contributed by atoms with Crippen molar-refractivity contribution >= 4 is 51.1 Å². The minimum Gasteiger partial charge on any atom is -0.452 e. The van der Waals surface area contributed by atoms with Crippen molar-refractivity contribution < 1.29 is 28.4 Å². The Kier molecular flexibility index (Phi) is 5.38. The molecule has 1 aromatic heterocycles. The van der Waals surface area contributed by atoms with Crippen molar-refractivity contribution in [3.63, 3.8) is 0 Å². The van der Waals surface area contributed by atoms with Crippen LogP contribution in [0.5, 0.6) is 0 Å². The average molecular weight is 484 g/mol. The summed E-state index contributed by atoms with van der Waals surface area (Å²) in [6, 6.07) is 12.3. The van der Waals surface area contributed by atoms with E-state index < -0.39 is 30.3 Å². The summed E-state index contributed by atoms with van der Waals surface area (Å²) in [5.41, 5.74) is 0.762. The molecule has 0 radical (unpaired) electrons. The van der Waals surface area contributed by atoms with Gasteiger partial charge in [-0.25, -0.2) is 9.69 Å². The first-order valence-electron chi connectivity index (χ1n) is 9.02. The fourth-order valence-corrected chi connectivity index (χ4v) is 3.24. The molecule has 0 aliphatic carbocycles. The maximum atomic E-state index is 12.7. The van der Waals surface area contributed by atoms with Gasteiger partial charge in [-0.05, 0) is 49.4 Å². The van der Waals surface area contributed by atoms with Crippen LogP contribution in [-0.2, 0) is 9.53 Å². The van der Waals surface area contributed by atoms with Crippen molar-refractivity contribution in [1.29, 1.82) is 0 Å². The number of nitrogens with zero attached hydrogens (tertiary/aromatic N) is 2. The lowest BCUT2D eigenvalue weighted by Gasteiger charge is -2.08. The molecule has 1 N–H and O–H groups in total. The van der Waals surface area contributed by atoms with Crippen LogP contribution in [0.15, 0.2) is 57.5 Å². The predicted octanol–water partition coefficient (Wildman–Crippen LogP) is 3.34. The average Bonchev–Trinajstić information content (AvgIpc) is 3.28. The SMILES string of the molecule is Cc1cc(N2C(=O)c3ccc(C(=O)OCC(=O)Nc4ccc(Br)cc4)cc3C2=O)no1. The highest BCUT2D eigenvalue weighted by atomic mass is 79.9. The third-order valence-corrected chi connectivity index (χ3v) is 4.96. The summed E-state index contributed by atoms with van der Waals surface area (Å²) in [6.07, 6.45) is 0. The van der Waals surface area contributed by atoms with E-state index in [2.05, 4.69) is 26.4 Å². The second kappa shape index (κ2) is 8.15. The smallest absolute Gasteiger partial charge is 0.338 e. The minimum atomic E-state index is -0.801. The molecule has 0 bridgehead atoms. The summed E-state index contributed by atoms with van der Waals surface area (Å²) in [6.45, 7) is 1.12. The van der Waals surface area contributed by atoms with Gasteiger partial charge in [0.15, 0.2) is 12.4 Å². The number of carbonyl (C=O) groups excluding carboxylic acids is 4. The molecule has 4 rings (SSSR count). The van der Waals surface area contributed by atoms with E-state index >= 15 is 0 Å². The highest BCUT2D eigenvalue weighted by Crippen LogP contribution is 2.29. The normalized spacial score (nSPS) is 12.6. The topological polar surface area (TPSA) is 119 Å². The van der Waals surface area contributed by atoms with Crippen LogP contribution in [0.4, 0.5) is 11.5 Å². The molecule has 156 valence electrons. The lowest BCUT2D eigenvalue weighted by Crippen LogP contribution is -2.29. The molecule has 0 fully saturated rings. The first-order valence-corrected chi connectivity index (χ1v) is 9.81. The van der Waals surface area contributed by atoms with Crippen LogP contribution in [0.25, 0.3) is 0 Å². The predicted molar refractivity (Wildman–Crippen MR) is 112 cm³/mol. The van der Waals surface area contributed by atoms with Gasteiger partial charge in [-0.1, -0.05) is 21.1 Å². The standard InChI is InChI=1S/C21H14BrN3O6/c1-11-8-17(24-31-11)25-19(27)15-7-2-12(9-16(15)20(25)28)21(29)30-10-18(26)23-14-5-3-13(22)4-6-14/h2-9H,10H2,1H3,(H,23,26). The van der Waals surface area contributed by atoms with E-state index in [1.165, 1.54) is 24.3 Å². The van der Waals surface area contributed by atoms with Crippen molar-refractivity contribution in [3.8, 4) is 0 Å². The van der Waals surface area contributed by atoms with Gasteiger partial charge in [0.25, 0.3) is 17.7 Å². The quantitative estimate of drug-likeness (QED) is 0.436. The van der Waals surface area contributed by atoms with E-state index in [4.69, 9.17) is 9.26 Å². The third kappa shape index (κ3) is 4.10. The molecule has 0 atom stereocenters. The number of ether oxygens (including phenoxy) is 1. The number of hydrogen-bond acceptors (Lipinski definition) is 7. The van der Waals surface area contributed by atoms with E-state index in [1.807, 2.05) is 0 Å². The van der Waals surface area contributed by atoms with Gasteiger partial charge in [0, 0.05) is 16.2 Å². The maximum absolute atomic E-state index is 12.7. The number of carbonyl (C=O) groups is 4. The van der Waals surface area contributed by atoms with Crippen LogP contribution < -0.4 is 10.2 Å². The van der Waals surface area contributed by atoms with E-state index in [-0.39, 0.29) is 22.5 Å². The molecular formula is C21H14BrN3O6. The number of amides is 3. The summed E-state index contributed by atoms with van der Waals surface area (Å²) >= 11 is 3.30. The van der Waals surface area contributed by atoms with Gasteiger partial charge in [-0.15, -0.1) is 0 Å². The van der Waals surface area contributed by atoms with Crippen molar-refractivity contribution in [1.82, 2.24) is 5.16 Å². The Morgan fingerprint density at radius 3 is 2.45 bits per heavy atom.